The first-order valence-electron chi connectivity index (χ1n) is 9.16. The van der Waals surface area contributed by atoms with Gasteiger partial charge in [0.1, 0.15) is 11.0 Å². The summed E-state index contributed by atoms with van der Waals surface area (Å²) in [6.45, 7) is 0. The van der Waals surface area contributed by atoms with Crippen LogP contribution < -0.4 is 9.77 Å². The van der Waals surface area contributed by atoms with E-state index in [2.05, 4.69) is 4.98 Å². The van der Waals surface area contributed by atoms with Gasteiger partial charge in [0.25, 0.3) is 5.69 Å². The van der Waals surface area contributed by atoms with Crippen molar-refractivity contribution in [2.24, 2.45) is 5.92 Å². The molecule has 2 amide bonds. The van der Waals surface area contributed by atoms with Crippen molar-refractivity contribution in [1.29, 1.82) is 0 Å². The van der Waals surface area contributed by atoms with E-state index in [0.29, 0.717) is 15.6 Å². The van der Waals surface area contributed by atoms with Crippen LogP contribution in [0.3, 0.4) is 0 Å². The third-order valence-corrected chi connectivity index (χ3v) is 7.80. The number of hydrogen-bond donors (Lipinski definition) is 2. The quantitative estimate of drug-likeness (QED) is 0.352. The first kappa shape index (κ1) is 19.5. The zero-order valence-electron chi connectivity index (χ0n) is 15.6. The molecule has 0 radical (unpaired) electrons. The predicted octanol–water partition coefficient (Wildman–Crippen LogP) is 2.85. The zero-order valence-corrected chi connectivity index (χ0v) is 17.2. The van der Waals surface area contributed by atoms with E-state index >= 15 is 0 Å². The number of aromatic amines is 1. The Bertz CT molecular complexity index is 1300. The number of non-ortho nitro benzene ring substituents is 1. The topological polar surface area (TPSA) is 134 Å². The van der Waals surface area contributed by atoms with Crippen LogP contribution >= 0.6 is 23.1 Å². The number of phenols is 1. The molecule has 0 unspecified atom stereocenters. The highest BCUT2D eigenvalue weighted by Gasteiger charge is 2.56. The molecule has 3 atom stereocenters. The number of anilines is 1. The van der Waals surface area contributed by atoms with Gasteiger partial charge in [0.2, 0.25) is 11.8 Å². The number of aromatic nitrogens is 1. The molecule has 3 heterocycles. The predicted molar refractivity (Wildman–Crippen MR) is 114 cm³/mol. The van der Waals surface area contributed by atoms with Crippen molar-refractivity contribution in [2.75, 3.05) is 4.90 Å². The Hall–Kier alpha value is -3.44. The molecule has 3 aromatic rings. The number of aromatic hydroxyl groups is 1. The maximum absolute atomic E-state index is 13.5. The van der Waals surface area contributed by atoms with Crippen LogP contribution in [0.25, 0.3) is 0 Å². The molecular weight excluding hydrogens is 442 g/mol. The molecule has 0 bridgehead atoms. The first-order chi connectivity index (χ1) is 14.9. The van der Waals surface area contributed by atoms with Gasteiger partial charge in [-0.25, -0.2) is 4.90 Å². The smallest absolute Gasteiger partial charge is 0.305 e. The van der Waals surface area contributed by atoms with E-state index in [1.165, 1.54) is 12.1 Å². The number of amides is 2. The van der Waals surface area contributed by atoms with Gasteiger partial charge in [0.15, 0.2) is 0 Å². The fraction of sp³-hybridized carbons (Fsp3) is 0.150. The number of phenolic OH excluding ortho intramolecular Hbond substituents is 1. The Morgan fingerprint density at radius 1 is 1.06 bits per heavy atom. The van der Waals surface area contributed by atoms with E-state index in [4.69, 9.17) is 0 Å². The van der Waals surface area contributed by atoms with Crippen LogP contribution in [0, 0.1) is 16.0 Å². The van der Waals surface area contributed by atoms with Gasteiger partial charge in [-0.05, 0) is 18.2 Å². The molecule has 1 fully saturated rings. The largest absolute Gasteiger partial charge is 0.508 e. The minimum atomic E-state index is -0.926. The van der Waals surface area contributed by atoms with Crippen LogP contribution in [-0.4, -0.2) is 32.1 Å². The second-order valence-electron chi connectivity index (χ2n) is 7.10. The molecule has 156 valence electrons. The summed E-state index contributed by atoms with van der Waals surface area (Å²) in [6, 6.07) is 12.0. The number of para-hydroxylation sites is 1. The number of nitro groups is 1. The highest BCUT2D eigenvalue weighted by atomic mass is 32.2. The number of H-pyrrole nitrogens is 1. The summed E-state index contributed by atoms with van der Waals surface area (Å²) in [4.78, 5) is 53.4. The standard InChI is InChI=1S/C20H13N3O6S2/c24-12-7-6-10(23(28)29)8-11(12)13-14-16(30-17-15(13)31-20(27)21-17)19(26)22(18(14)25)9-4-2-1-3-5-9/h1-8,13-14,16,24H,(H,21,27)/t13-,14-,16+/m0/s1. The second kappa shape index (κ2) is 7.06. The van der Waals surface area contributed by atoms with E-state index < -0.39 is 33.8 Å². The average Bonchev–Trinajstić information content (AvgIpc) is 3.24. The van der Waals surface area contributed by atoms with Crippen LogP contribution in [0.4, 0.5) is 11.4 Å². The van der Waals surface area contributed by atoms with Gasteiger partial charge in [-0.1, -0.05) is 41.3 Å². The molecule has 1 saturated heterocycles. The molecule has 9 nitrogen and oxygen atoms in total. The molecule has 5 rings (SSSR count). The second-order valence-corrected chi connectivity index (χ2v) is 9.26. The SMILES string of the molecule is O=C1[C@H]2[C@H](c3cc([N+](=O)[O-])ccc3O)c3sc(=O)[nH]c3S[C@H]2C(=O)N1c1ccccc1. The molecule has 0 spiro atoms. The van der Waals surface area contributed by atoms with Gasteiger partial charge in [-0.15, -0.1) is 0 Å². The number of imide groups is 1. The van der Waals surface area contributed by atoms with Crippen LogP contribution in [0.2, 0.25) is 0 Å². The average molecular weight is 455 g/mol. The third kappa shape index (κ3) is 2.96. The van der Waals surface area contributed by atoms with E-state index in [9.17, 15) is 29.6 Å². The van der Waals surface area contributed by atoms with Crippen molar-refractivity contribution < 1.29 is 19.6 Å². The van der Waals surface area contributed by atoms with E-state index in [1.807, 2.05) is 0 Å². The van der Waals surface area contributed by atoms with E-state index in [1.54, 1.807) is 30.3 Å². The molecular formula is C20H13N3O6S2. The lowest BCUT2D eigenvalue weighted by Gasteiger charge is -2.30. The number of nitro benzene ring substituents is 1. The molecule has 0 aliphatic carbocycles. The van der Waals surface area contributed by atoms with E-state index in [0.717, 1.165) is 34.1 Å². The van der Waals surface area contributed by atoms with Crippen molar-refractivity contribution in [1.82, 2.24) is 4.98 Å². The minimum absolute atomic E-state index is 0.136. The zero-order chi connectivity index (χ0) is 21.9. The summed E-state index contributed by atoms with van der Waals surface area (Å²) in [5.74, 6) is -2.96. The van der Waals surface area contributed by atoms with Crippen molar-refractivity contribution in [3.63, 3.8) is 0 Å². The summed E-state index contributed by atoms with van der Waals surface area (Å²) in [7, 11) is 0. The van der Waals surface area contributed by atoms with Crippen LogP contribution in [0.1, 0.15) is 16.4 Å². The maximum Gasteiger partial charge on any atom is 0.305 e. The summed E-state index contributed by atoms with van der Waals surface area (Å²) in [5.41, 5.74) is 0.298. The van der Waals surface area contributed by atoms with Crippen molar-refractivity contribution in [2.45, 2.75) is 16.2 Å². The Morgan fingerprint density at radius 3 is 2.52 bits per heavy atom. The van der Waals surface area contributed by atoms with Crippen molar-refractivity contribution in [3.05, 3.63) is 78.8 Å². The lowest BCUT2D eigenvalue weighted by molar-refractivity contribution is -0.385. The fourth-order valence-corrected chi connectivity index (χ4v) is 6.59. The maximum atomic E-state index is 13.5. The Balaban J connectivity index is 1.70. The van der Waals surface area contributed by atoms with Crippen molar-refractivity contribution in [3.8, 4) is 5.75 Å². The summed E-state index contributed by atoms with van der Waals surface area (Å²) >= 11 is 1.97. The summed E-state index contributed by atoms with van der Waals surface area (Å²) in [5, 5.41) is 21.4. The summed E-state index contributed by atoms with van der Waals surface area (Å²) < 4.78 is 0. The fourth-order valence-electron chi connectivity index (χ4n) is 4.09. The number of carbonyl (C=O) groups is 2. The van der Waals surface area contributed by atoms with Gasteiger partial charge >= 0.3 is 4.87 Å². The number of rotatable bonds is 3. The summed E-state index contributed by atoms with van der Waals surface area (Å²) in [6.07, 6.45) is 0. The monoisotopic (exact) mass is 455 g/mol. The normalized spacial score (nSPS) is 22.3. The Morgan fingerprint density at radius 2 is 1.81 bits per heavy atom. The number of thiazole rings is 1. The highest BCUT2D eigenvalue weighted by Crippen LogP contribution is 2.54. The lowest BCUT2D eigenvalue weighted by atomic mass is 9.82. The van der Waals surface area contributed by atoms with Crippen LogP contribution in [-0.2, 0) is 9.59 Å². The van der Waals surface area contributed by atoms with Gasteiger partial charge in [0, 0.05) is 28.5 Å². The Labute approximate surface area is 182 Å². The number of nitrogens with zero attached hydrogens (tertiary/aromatic N) is 2. The first-order valence-corrected chi connectivity index (χ1v) is 10.9. The van der Waals surface area contributed by atoms with Crippen LogP contribution in [0.15, 0.2) is 58.4 Å². The molecule has 31 heavy (non-hydrogen) atoms. The number of thioether (sulfide) groups is 1. The molecule has 1 aromatic heterocycles. The number of benzene rings is 2. The van der Waals surface area contributed by atoms with E-state index in [-0.39, 0.29) is 21.9 Å². The number of nitrogens with one attached hydrogen (secondary N) is 1. The number of carbonyl (C=O) groups excluding carboxylic acids is 2. The lowest BCUT2D eigenvalue weighted by Crippen LogP contribution is -2.32. The minimum Gasteiger partial charge on any atom is -0.508 e. The van der Waals surface area contributed by atoms with Gasteiger partial charge in [0.05, 0.1) is 21.6 Å². The molecule has 2 N–H and O–H groups in total. The van der Waals surface area contributed by atoms with Gasteiger partial charge in [-0.3, -0.25) is 24.5 Å². The van der Waals surface area contributed by atoms with Gasteiger partial charge in [-0.2, -0.15) is 0 Å². The molecule has 2 aliphatic heterocycles. The van der Waals surface area contributed by atoms with Crippen molar-refractivity contribution >= 4 is 46.3 Å². The molecule has 2 aromatic carbocycles. The molecule has 0 saturated carbocycles. The number of fused-ring (bicyclic) bond motifs is 2. The highest BCUT2D eigenvalue weighted by molar-refractivity contribution is 8.00. The van der Waals surface area contributed by atoms with Crippen LogP contribution in [0.5, 0.6) is 5.75 Å². The number of hydrogen-bond acceptors (Lipinski definition) is 8. The molecule has 2 aliphatic rings. The Kier molecular flexibility index (Phi) is 4.45. The van der Waals surface area contributed by atoms with Gasteiger partial charge < -0.3 is 10.1 Å². The molecule has 11 heteroatoms. The third-order valence-electron chi connectivity index (χ3n) is 5.40.